The van der Waals surface area contributed by atoms with E-state index in [2.05, 4.69) is 0 Å². The van der Waals surface area contributed by atoms with Crippen LogP contribution in [0.2, 0.25) is 0 Å². The van der Waals surface area contributed by atoms with E-state index in [9.17, 15) is 9.59 Å². The van der Waals surface area contributed by atoms with Crippen molar-refractivity contribution in [2.75, 3.05) is 0 Å². The molecule has 3 rings (SSSR count). The van der Waals surface area contributed by atoms with E-state index in [0.29, 0.717) is 5.56 Å². The van der Waals surface area contributed by atoms with E-state index in [0.717, 1.165) is 18.4 Å². The van der Waals surface area contributed by atoms with Crippen molar-refractivity contribution in [1.82, 2.24) is 0 Å². The molecule has 102 valence electrons. The van der Waals surface area contributed by atoms with Gasteiger partial charge in [0.2, 0.25) is 0 Å². The molecule has 1 aromatic rings. The number of carbonyl (C=O) groups excluding carboxylic acids is 2. The van der Waals surface area contributed by atoms with Crippen LogP contribution in [0.1, 0.15) is 30.1 Å². The third-order valence-electron chi connectivity index (χ3n) is 4.21. The van der Waals surface area contributed by atoms with Gasteiger partial charge < -0.3 is 4.74 Å². The van der Waals surface area contributed by atoms with Gasteiger partial charge in [-0.15, -0.1) is 0 Å². The maximum Gasteiger partial charge on any atom is 0.338 e. The summed E-state index contributed by atoms with van der Waals surface area (Å²) in [7, 11) is 0. The predicted octanol–water partition coefficient (Wildman–Crippen LogP) is 3.08. The van der Waals surface area contributed by atoms with E-state index in [1.54, 1.807) is 24.3 Å². The number of hydrogen-bond acceptors (Lipinski definition) is 3. The molecule has 2 aliphatic rings. The van der Waals surface area contributed by atoms with Crippen LogP contribution in [-0.2, 0) is 9.53 Å². The minimum atomic E-state index is -0.335. The van der Waals surface area contributed by atoms with Crippen molar-refractivity contribution in [3.63, 3.8) is 0 Å². The molecule has 0 aromatic heterocycles. The first-order valence-electron chi connectivity index (χ1n) is 6.80. The van der Waals surface area contributed by atoms with Gasteiger partial charge >= 0.3 is 5.97 Å². The van der Waals surface area contributed by atoms with Gasteiger partial charge in [-0.25, -0.2) is 4.79 Å². The molecule has 3 nitrogen and oxygen atoms in total. The smallest absolute Gasteiger partial charge is 0.338 e. The van der Waals surface area contributed by atoms with Crippen LogP contribution >= 0.6 is 0 Å². The lowest BCUT2D eigenvalue weighted by Gasteiger charge is -2.31. The van der Waals surface area contributed by atoms with Gasteiger partial charge in [0.1, 0.15) is 6.10 Å². The number of ketones is 1. The van der Waals surface area contributed by atoms with Crippen LogP contribution < -0.4 is 0 Å². The Morgan fingerprint density at radius 3 is 2.80 bits per heavy atom. The zero-order valence-electron chi connectivity index (χ0n) is 11.3. The molecule has 0 N–H and O–H groups in total. The second kappa shape index (κ2) is 4.75. The van der Waals surface area contributed by atoms with Gasteiger partial charge in [0, 0.05) is 5.41 Å². The maximum absolute atomic E-state index is 12.1. The summed E-state index contributed by atoms with van der Waals surface area (Å²) in [6.07, 6.45) is 6.48. The van der Waals surface area contributed by atoms with Crippen molar-refractivity contribution in [1.29, 1.82) is 0 Å². The van der Waals surface area contributed by atoms with E-state index in [1.807, 2.05) is 31.2 Å². The number of allylic oxidation sites excluding steroid dienone is 2. The van der Waals surface area contributed by atoms with Crippen molar-refractivity contribution in [2.45, 2.75) is 25.9 Å². The molecule has 20 heavy (non-hydrogen) atoms. The van der Waals surface area contributed by atoms with Crippen molar-refractivity contribution >= 4 is 11.8 Å². The molecule has 2 atom stereocenters. The number of fused-ring (bicyclic) bond motifs is 1. The van der Waals surface area contributed by atoms with Gasteiger partial charge in [0.15, 0.2) is 5.78 Å². The average molecular weight is 268 g/mol. The molecular weight excluding hydrogens is 252 g/mol. The van der Waals surface area contributed by atoms with Gasteiger partial charge in [-0.2, -0.15) is 0 Å². The number of benzene rings is 1. The number of hydrogen-bond donors (Lipinski definition) is 0. The Hall–Kier alpha value is -2.16. The molecule has 1 fully saturated rings. The van der Waals surface area contributed by atoms with Crippen LogP contribution in [0.5, 0.6) is 0 Å². The van der Waals surface area contributed by atoms with Crippen molar-refractivity contribution < 1.29 is 14.3 Å². The van der Waals surface area contributed by atoms with E-state index in [-0.39, 0.29) is 23.3 Å². The first-order chi connectivity index (χ1) is 9.59. The molecule has 0 amide bonds. The van der Waals surface area contributed by atoms with Crippen LogP contribution in [0.15, 0.2) is 54.1 Å². The first kappa shape index (κ1) is 12.9. The summed E-state index contributed by atoms with van der Waals surface area (Å²) in [6.45, 7) is 2.03. The molecule has 0 aliphatic heterocycles. The van der Waals surface area contributed by atoms with Gasteiger partial charge in [0.25, 0.3) is 0 Å². The second-order valence-electron chi connectivity index (χ2n) is 5.49. The Labute approximate surface area is 117 Å². The van der Waals surface area contributed by atoms with Gasteiger partial charge in [0.05, 0.1) is 5.56 Å². The summed E-state index contributed by atoms with van der Waals surface area (Å²) in [4.78, 5) is 23.6. The highest BCUT2D eigenvalue weighted by Crippen LogP contribution is 2.47. The molecule has 0 saturated heterocycles. The minimum Gasteiger partial charge on any atom is -0.458 e. The standard InChI is InChI=1S/C17H16O3/c1-17-10-9-14(18)11-13(17)7-8-15(17)20-16(19)12-5-3-2-4-6-12/h2-6,9-11,15H,7-8H2,1H3/t15-,17-/m0/s1. The molecular formula is C17H16O3. The Morgan fingerprint density at radius 1 is 1.30 bits per heavy atom. The molecule has 1 aromatic carbocycles. The van der Waals surface area contributed by atoms with Gasteiger partial charge in [-0.3, -0.25) is 4.79 Å². The Morgan fingerprint density at radius 2 is 2.05 bits per heavy atom. The van der Waals surface area contributed by atoms with E-state index < -0.39 is 0 Å². The quantitative estimate of drug-likeness (QED) is 0.774. The van der Waals surface area contributed by atoms with Crippen molar-refractivity contribution in [2.24, 2.45) is 5.41 Å². The molecule has 0 unspecified atom stereocenters. The Bertz CT molecular complexity index is 612. The lowest BCUT2D eigenvalue weighted by Crippen LogP contribution is -2.32. The minimum absolute atomic E-state index is 0.0208. The number of rotatable bonds is 2. The second-order valence-corrected chi connectivity index (χ2v) is 5.49. The highest BCUT2D eigenvalue weighted by molar-refractivity contribution is 6.01. The predicted molar refractivity (Wildman–Crippen MR) is 75.2 cm³/mol. The lowest BCUT2D eigenvalue weighted by atomic mass is 9.79. The Kier molecular flexibility index (Phi) is 3.05. The van der Waals surface area contributed by atoms with E-state index >= 15 is 0 Å². The summed E-state index contributed by atoms with van der Waals surface area (Å²) in [6, 6.07) is 8.99. The highest BCUT2D eigenvalue weighted by atomic mass is 16.5. The third-order valence-corrected chi connectivity index (χ3v) is 4.21. The summed E-state index contributed by atoms with van der Waals surface area (Å²) in [5, 5.41) is 0. The topological polar surface area (TPSA) is 43.4 Å². The molecule has 3 heteroatoms. The SMILES string of the molecule is C[C@]12C=CC(=O)C=C1CC[C@@H]2OC(=O)c1ccccc1. The summed E-state index contributed by atoms with van der Waals surface area (Å²) < 4.78 is 5.66. The Balaban J connectivity index is 1.80. The molecule has 0 radical (unpaired) electrons. The van der Waals surface area contributed by atoms with Crippen molar-refractivity contribution in [3.8, 4) is 0 Å². The van der Waals surface area contributed by atoms with Crippen molar-refractivity contribution in [3.05, 3.63) is 59.7 Å². The number of carbonyl (C=O) groups is 2. The highest BCUT2D eigenvalue weighted by Gasteiger charge is 2.44. The summed E-state index contributed by atoms with van der Waals surface area (Å²) in [5.74, 6) is -0.282. The van der Waals surface area contributed by atoms with Crippen LogP contribution in [0.4, 0.5) is 0 Å². The number of esters is 1. The molecule has 0 heterocycles. The zero-order chi connectivity index (χ0) is 14.2. The largest absolute Gasteiger partial charge is 0.458 e. The maximum atomic E-state index is 12.1. The van der Waals surface area contributed by atoms with E-state index in [1.165, 1.54) is 0 Å². The lowest BCUT2D eigenvalue weighted by molar-refractivity contribution is -0.110. The molecule has 1 saturated carbocycles. The van der Waals surface area contributed by atoms with Crippen LogP contribution in [0, 0.1) is 5.41 Å². The molecule has 2 aliphatic carbocycles. The van der Waals surface area contributed by atoms with E-state index in [4.69, 9.17) is 4.74 Å². The average Bonchev–Trinajstić information content (AvgIpc) is 2.77. The van der Waals surface area contributed by atoms with Gasteiger partial charge in [-0.1, -0.05) is 29.8 Å². The van der Waals surface area contributed by atoms with Crippen LogP contribution in [0.25, 0.3) is 0 Å². The first-order valence-corrected chi connectivity index (χ1v) is 6.80. The normalized spacial score (nSPS) is 27.9. The monoisotopic (exact) mass is 268 g/mol. The fourth-order valence-electron chi connectivity index (χ4n) is 2.93. The van der Waals surface area contributed by atoms with Gasteiger partial charge in [-0.05, 0) is 44.1 Å². The van der Waals surface area contributed by atoms with Crippen LogP contribution in [-0.4, -0.2) is 17.9 Å². The third kappa shape index (κ3) is 2.09. The zero-order valence-corrected chi connectivity index (χ0v) is 11.3. The molecule has 0 spiro atoms. The summed E-state index contributed by atoms with van der Waals surface area (Å²) in [5.41, 5.74) is 1.29. The fourth-order valence-corrected chi connectivity index (χ4v) is 2.93. The molecule has 0 bridgehead atoms. The summed E-state index contributed by atoms with van der Waals surface area (Å²) >= 11 is 0. The number of ether oxygens (including phenoxy) is 1. The van der Waals surface area contributed by atoms with Crippen LogP contribution in [0.3, 0.4) is 0 Å². The fraction of sp³-hybridized carbons (Fsp3) is 0.294.